The first kappa shape index (κ1) is 20.2. The molecule has 6 nitrogen and oxygen atoms in total. The summed E-state index contributed by atoms with van der Waals surface area (Å²) in [5.74, 6) is 2.12. The largest absolute Gasteiger partial charge is 0.487 e. The van der Waals surface area contributed by atoms with Crippen LogP contribution >= 0.6 is 0 Å². The molecule has 2 aromatic heterocycles. The highest BCUT2D eigenvalue weighted by Gasteiger charge is 2.53. The number of aliphatic hydroxyl groups is 1. The second kappa shape index (κ2) is 8.44. The number of hydrogen-bond donors (Lipinski definition) is 1. The van der Waals surface area contributed by atoms with Crippen LogP contribution in [-0.4, -0.2) is 37.6 Å². The highest BCUT2D eigenvalue weighted by atomic mass is 16.5. The number of fused-ring (bicyclic) bond motifs is 2. The number of likely N-dealkylation sites (tertiary alicyclic amines) is 1. The van der Waals surface area contributed by atoms with Crippen molar-refractivity contribution in [3.05, 3.63) is 78.1 Å². The smallest absolute Gasteiger partial charge is 0.141 e. The number of piperidine rings is 1. The number of para-hydroxylation sites is 1. The van der Waals surface area contributed by atoms with Gasteiger partial charge in [0.25, 0.3) is 0 Å². The fraction of sp³-hybridized carbons (Fsp3) is 0.440. The second-order valence-corrected chi connectivity index (χ2v) is 8.92. The summed E-state index contributed by atoms with van der Waals surface area (Å²) in [5, 5.41) is 11.8. The Balaban J connectivity index is 1.32. The van der Waals surface area contributed by atoms with Gasteiger partial charge in [-0.3, -0.25) is 9.88 Å². The lowest BCUT2D eigenvalue weighted by Gasteiger charge is -2.52. The average molecular weight is 419 g/mol. The summed E-state index contributed by atoms with van der Waals surface area (Å²) < 4.78 is 8.11. The molecular formula is C25H30N4O2. The van der Waals surface area contributed by atoms with Crippen LogP contribution in [0.2, 0.25) is 0 Å². The minimum Gasteiger partial charge on any atom is -0.487 e. The van der Waals surface area contributed by atoms with Gasteiger partial charge in [0.15, 0.2) is 0 Å². The molecular weight excluding hydrogens is 388 g/mol. The number of aromatic nitrogens is 3. The molecule has 1 aliphatic carbocycles. The Bertz CT molecular complexity index is 1010. The van der Waals surface area contributed by atoms with E-state index in [0.717, 1.165) is 49.7 Å². The van der Waals surface area contributed by atoms with E-state index in [1.165, 1.54) is 12.0 Å². The van der Waals surface area contributed by atoms with E-state index in [-0.39, 0.29) is 11.8 Å². The van der Waals surface area contributed by atoms with Crippen LogP contribution in [0.4, 0.5) is 0 Å². The molecule has 3 heterocycles. The molecule has 6 heteroatoms. The lowest BCUT2D eigenvalue weighted by atomic mass is 9.65. The van der Waals surface area contributed by atoms with E-state index >= 15 is 0 Å². The van der Waals surface area contributed by atoms with Gasteiger partial charge in [-0.2, -0.15) is 0 Å². The Labute approximate surface area is 183 Å². The SMILES string of the molecule is Cn1ccnc1C1(O)[C@@H]2CCC[C@H]1CN(Cc1ccccc1OCc1ccccn1)C2. The Morgan fingerprint density at radius 2 is 1.81 bits per heavy atom. The van der Waals surface area contributed by atoms with Crippen LogP contribution in [0.3, 0.4) is 0 Å². The fourth-order valence-corrected chi connectivity index (χ4v) is 5.44. The van der Waals surface area contributed by atoms with Crippen molar-refractivity contribution in [1.29, 1.82) is 0 Å². The molecule has 3 atom stereocenters. The van der Waals surface area contributed by atoms with Crippen molar-refractivity contribution < 1.29 is 9.84 Å². The Hall–Kier alpha value is -2.70. The summed E-state index contributed by atoms with van der Waals surface area (Å²) in [6, 6.07) is 14.1. The minimum atomic E-state index is -0.831. The van der Waals surface area contributed by atoms with Crippen molar-refractivity contribution in [2.45, 2.75) is 38.0 Å². The van der Waals surface area contributed by atoms with Gasteiger partial charge in [0.05, 0.1) is 5.69 Å². The highest BCUT2D eigenvalue weighted by molar-refractivity contribution is 5.33. The number of ether oxygens (including phenoxy) is 1. The molecule has 3 aromatic rings. The zero-order chi connectivity index (χ0) is 21.3. The van der Waals surface area contributed by atoms with Crippen molar-refractivity contribution in [1.82, 2.24) is 19.4 Å². The number of aryl methyl sites for hydroxylation is 1. The molecule has 162 valence electrons. The summed E-state index contributed by atoms with van der Waals surface area (Å²) in [4.78, 5) is 11.4. The number of benzene rings is 1. The molecule has 1 saturated carbocycles. The van der Waals surface area contributed by atoms with Crippen LogP contribution in [0.25, 0.3) is 0 Å². The van der Waals surface area contributed by atoms with Crippen molar-refractivity contribution in [3.8, 4) is 5.75 Å². The van der Waals surface area contributed by atoms with Gasteiger partial charge in [0.1, 0.15) is 23.8 Å². The quantitative estimate of drug-likeness (QED) is 0.664. The van der Waals surface area contributed by atoms with Gasteiger partial charge in [-0.25, -0.2) is 4.98 Å². The first-order chi connectivity index (χ1) is 15.1. The third kappa shape index (κ3) is 3.86. The zero-order valence-electron chi connectivity index (χ0n) is 18.0. The van der Waals surface area contributed by atoms with Crippen LogP contribution in [-0.2, 0) is 25.8 Å². The molecule has 1 saturated heterocycles. The van der Waals surface area contributed by atoms with Crippen LogP contribution in [0, 0.1) is 11.8 Å². The predicted molar refractivity (Wildman–Crippen MR) is 118 cm³/mol. The maximum absolute atomic E-state index is 11.8. The Kier molecular flexibility index (Phi) is 5.50. The minimum absolute atomic E-state index is 0.197. The number of rotatable bonds is 6. The standard InChI is InChI=1S/C25H30N4O2/c1-28-14-13-27-24(28)25(30)20-8-6-9-21(25)17-29(16-20)15-19-7-2-3-11-23(19)31-18-22-10-4-5-12-26-22/h2-5,7,10-14,20-21,30H,6,8-9,15-18H2,1H3/t20-,21+,25?. The number of imidazole rings is 1. The molecule has 1 aliphatic heterocycles. The molecule has 0 amide bonds. The van der Waals surface area contributed by atoms with E-state index in [9.17, 15) is 5.11 Å². The first-order valence-electron chi connectivity index (χ1n) is 11.2. The molecule has 31 heavy (non-hydrogen) atoms. The normalized spacial score (nSPS) is 26.0. The maximum atomic E-state index is 11.8. The van der Waals surface area contributed by atoms with Crippen molar-refractivity contribution in [2.75, 3.05) is 13.1 Å². The summed E-state index contributed by atoms with van der Waals surface area (Å²) >= 11 is 0. The van der Waals surface area contributed by atoms with Gasteiger partial charge in [0, 0.05) is 62.7 Å². The Morgan fingerprint density at radius 3 is 2.52 bits per heavy atom. The molecule has 0 spiro atoms. The first-order valence-corrected chi connectivity index (χ1v) is 11.2. The van der Waals surface area contributed by atoms with E-state index in [1.54, 1.807) is 12.4 Å². The monoisotopic (exact) mass is 418 g/mol. The van der Waals surface area contributed by atoms with Crippen LogP contribution in [0.5, 0.6) is 5.75 Å². The van der Waals surface area contributed by atoms with Gasteiger partial charge in [-0.1, -0.05) is 30.7 Å². The third-order valence-corrected chi connectivity index (χ3v) is 6.95. The van der Waals surface area contributed by atoms with E-state index in [1.807, 2.05) is 48.1 Å². The number of nitrogens with zero attached hydrogens (tertiary/aromatic N) is 4. The highest BCUT2D eigenvalue weighted by Crippen LogP contribution is 2.48. The van der Waals surface area contributed by atoms with Crippen molar-refractivity contribution in [3.63, 3.8) is 0 Å². The third-order valence-electron chi connectivity index (χ3n) is 6.95. The van der Waals surface area contributed by atoms with Gasteiger partial charge in [0.2, 0.25) is 0 Å². The Morgan fingerprint density at radius 1 is 1.03 bits per heavy atom. The van der Waals surface area contributed by atoms with Crippen molar-refractivity contribution >= 4 is 0 Å². The predicted octanol–water partition coefficient (Wildman–Crippen LogP) is 3.51. The van der Waals surface area contributed by atoms with Gasteiger partial charge in [-0.15, -0.1) is 0 Å². The topological polar surface area (TPSA) is 63.4 Å². The van der Waals surface area contributed by atoms with E-state index in [0.29, 0.717) is 6.61 Å². The summed E-state index contributed by atoms with van der Waals surface area (Å²) in [6.45, 7) is 3.02. The summed E-state index contributed by atoms with van der Waals surface area (Å²) in [7, 11) is 1.98. The van der Waals surface area contributed by atoms with Crippen molar-refractivity contribution in [2.24, 2.45) is 18.9 Å². The number of hydrogen-bond acceptors (Lipinski definition) is 5. The molecule has 1 N–H and O–H groups in total. The number of pyridine rings is 1. The van der Waals surface area contributed by atoms with E-state index < -0.39 is 5.60 Å². The van der Waals surface area contributed by atoms with E-state index in [4.69, 9.17) is 4.74 Å². The zero-order valence-corrected chi connectivity index (χ0v) is 18.0. The van der Waals surface area contributed by atoms with E-state index in [2.05, 4.69) is 27.0 Å². The molecule has 2 bridgehead atoms. The summed E-state index contributed by atoms with van der Waals surface area (Å²) in [6.07, 6.45) is 8.77. The molecule has 1 unspecified atom stereocenters. The van der Waals surface area contributed by atoms with Gasteiger partial charge in [-0.05, 0) is 31.0 Å². The van der Waals surface area contributed by atoms with Crippen LogP contribution in [0.1, 0.15) is 36.3 Å². The average Bonchev–Trinajstić information content (AvgIpc) is 3.21. The second-order valence-electron chi connectivity index (χ2n) is 8.92. The van der Waals surface area contributed by atoms with Gasteiger partial charge < -0.3 is 14.4 Å². The molecule has 1 aromatic carbocycles. The molecule has 5 rings (SSSR count). The maximum Gasteiger partial charge on any atom is 0.141 e. The van der Waals surface area contributed by atoms with Crippen LogP contribution in [0.15, 0.2) is 61.1 Å². The summed E-state index contributed by atoms with van der Waals surface area (Å²) in [5.41, 5.74) is 1.27. The molecule has 0 radical (unpaired) electrons. The van der Waals surface area contributed by atoms with Gasteiger partial charge >= 0.3 is 0 Å². The fourth-order valence-electron chi connectivity index (χ4n) is 5.44. The molecule has 2 fully saturated rings. The molecule has 2 aliphatic rings. The lowest BCUT2D eigenvalue weighted by molar-refractivity contribution is -0.155. The van der Waals surface area contributed by atoms with Crippen LogP contribution < -0.4 is 4.74 Å². The lowest BCUT2D eigenvalue weighted by Crippen LogP contribution is -2.58.